The van der Waals surface area contributed by atoms with E-state index in [2.05, 4.69) is 52.2 Å². The number of alkyl halides is 2. The second kappa shape index (κ2) is 8.03. The van der Waals surface area contributed by atoms with Crippen molar-refractivity contribution in [3.8, 4) is 11.1 Å². The van der Waals surface area contributed by atoms with Gasteiger partial charge in [-0.25, -0.2) is 13.8 Å². The maximum atomic E-state index is 13.1. The van der Waals surface area contributed by atoms with Crippen molar-refractivity contribution in [1.82, 2.24) is 19.6 Å². The lowest BCUT2D eigenvalue weighted by Crippen LogP contribution is -2.34. The Morgan fingerprint density at radius 3 is 2.48 bits per heavy atom. The third-order valence-electron chi connectivity index (χ3n) is 6.29. The van der Waals surface area contributed by atoms with E-state index in [1.165, 1.54) is 5.56 Å². The van der Waals surface area contributed by atoms with Crippen molar-refractivity contribution in [2.75, 3.05) is 11.4 Å². The highest BCUT2D eigenvalue weighted by Gasteiger charge is 2.24. The van der Waals surface area contributed by atoms with Gasteiger partial charge in [0.05, 0.1) is 0 Å². The lowest BCUT2D eigenvalue weighted by atomic mass is 9.99. The Morgan fingerprint density at radius 2 is 1.76 bits per heavy atom. The van der Waals surface area contributed by atoms with Crippen LogP contribution in [0.15, 0.2) is 47.4 Å². The number of hydrogen-bond donors (Lipinski definition) is 0. The molecule has 8 heteroatoms. The average Bonchev–Trinajstić information content (AvgIpc) is 2.81. The molecule has 0 amide bonds. The summed E-state index contributed by atoms with van der Waals surface area (Å²) < 4.78 is 27.4. The molecular weight excluding hydrogens is 424 g/mol. The molecule has 0 unspecified atom stereocenters. The second-order valence-corrected chi connectivity index (χ2v) is 8.50. The zero-order chi connectivity index (χ0) is 23.3. The largest absolute Gasteiger partial charge is 0.350 e. The van der Waals surface area contributed by atoms with Crippen LogP contribution < -0.4 is 10.5 Å². The summed E-state index contributed by atoms with van der Waals surface area (Å²) in [7, 11) is 0. The molecule has 0 fully saturated rings. The summed E-state index contributed by atoms with van der Waals surface area (Å²) in [6, 6.07) is 11.3. The monoisotopic (exact) mass is 447 g/mol. The van der Waals surface area contributed by atoms with Gasteiger partial charge in [-0.3, -0.25) is 9.78 Å². The zero-order valence-electron chi connectivity index (χ0n) is 18.6. The molecule has 0 bridgehead atoms. The fourth-order valence-electron chi connectivity index (χ4n) is 4.26. The first-order valence-electron chi connectivity index (χ1n) is 10.8. The van der Waals surface area contributed by atoms with Gasteiger partial charge in [-0.1, -0.05) is 29.8 Å². The molecule has 4 heterocycles. The Morgan fingerprint density at radius 1 is 1.00 bits per heavy atom. The van der Waals surface area contributed by atoms with Crippen molar-refractivity contribution in [3.05, 3.63) is 86.6 Å². The Balaban J connectivity index is 1.54. The summed E-state index contributed by atoms with van der Waals surface area (Å²) in [4.78, 5) is 23.3. The fourth-order valence-corrected chi connectivity index (χ4v) is 4.26. The number of fused-ring (bicyclic) bond motifs is 2. The molecule has 0 radical (unpaired) electrons. The van der Waals surface area contributed by atoms with Gasteiger partial charge in [-0.15, -0.1) is 5.10 Å². The Hall–Kier alpha value is -3.68. The minimum Gasteiger partial charge on any atom is -0.350 e. The lowest BCUT2D eigenvalue weighted by Gasteiger charge is -2.31. The molecule has 1 aliphatic rings. The summed E-state index contributed by atoms with van der Waals surface area (Å²) >= 11 is 0. The topological polar surface area (TPSA) is 63.4 Å². The van der Waals surface area contributed by atoms with Gasteiger partial charge < -0.3 is 4.90 Å². The highest BCUT2D eigenvalue weighted by Crippen LogP contribution is 2.30. The van der Waals surface area contributed by atoms with E-state index in [1.807, 2.05) is 13.1 Å². The van der Waals surface area contributed by atoms with Gasteiger partial charge in [-0.2, -0.15) is 4.52 Å². The summed E-state index contributed by atoms with van der Waals surface area (Å²) in [6.45, 7) is 7.02. The number of rotatable bonds is 3. The van der Waals surface area contributed by atoms with Crippen LogP contribution in [0.2, 0.25) is 0 Å². The minimum absolute atomic E-state index is 0.166. The summed E-state index contributed by atoms with van der Waals surface area (Å²) in [6.07, 6.45) is -0.149. The number of anilines is 1. The highest BCUT2D eigenvalue weighted by atomic mass is 19.3. The summed E-state index contributed by atoms with van der Waals surface area (Å²) in [5, 5.41) is 4.52. The first-order valence-corrected chi connectivity index (χ1v) is 10.8. The van der Waals surface area contributed by atoms with Gasteiger partial charge in [-0.05, 0) is 38.0 Å². The lowest BCUT2D eigenvalue weighted by molar-refractivity contribution is 0.146. The Labute approximate surface area is 189 Å². The van der Waals surface area contributed by atoms with Crippen molar-refractivity contribution in [1.29, 1.82) is 0 Å². The van der Waals surface area contributed by atoms with Crippen LogP contribution in [0.25, 0.3) is 16.8 Å². The maximum Gasteiger partial charge on any atom is 0.280 e. The molecule has 0 saturated heterocycles. The first-order chi connectivity index (χ1) is 15.8. The van der Waals surface area contributed by atoms with E-state index in [0.29, 0.717) is 24.5 Å². The van der Waals surface area contributed by atoms with E-state index in [0.717, 1.165) is 45.0 Å². The third-order valence-corrected chi connectivity index (χ3v) is 6.29. The van der Waals surface area contributed by atoms with Crippen LogP contribution in [0, 0.1) is 20.8 Å². The highest BCUT2D eigenvalue weighted by molar-refractivity contribution is 5.65. The summed E-state index contributed by atoms with van der Waals surface area (Å²) in [5.74, 6) is 0.653. The molecule has 0 spiro atoms. The molecule has 0 aliphatic carbocycles. The predicted octanol–water partition coefficient (Wildman–Crippen LogP) is 4.58. The molecule has 0 saturated carbocycles. The van der Waals surface area contributed by atoms with Gasteiger partial charge in [0.15, 0.2) is 11.5 Å². The van der Waals surface area contributed by atoms with E-state index in [9.17, 15) is 13.6 Å². The molecule has 1 aromatic carbocycles. The second-order valence-electron chi connectivity index (χ2n) is 8.50. The molecule has 1 aliphatic heterocycles. The molecule has 33 heavy (non-hydrogen) atoms. The van der Waals surface area contributed by atoms with Crippen molar-refractivity contribution < 1.29 is 8.78 Å². The van der Waals surface area contributed by atoms with Crippen LogP contribution >= 0.6 is 0 Å². The third kappa shape index (κ3) is 3.75. The van der Waals surface area contributed by atoms with Crippen molar-refractivity contribution >= 4 is 11.5 Å². The Kier molecular flexibility index (Phi) is 5.15. The first kappa shape index (κ1) is 21.2. The number of nitrogens with zero attached hydrogens (tertiary/aromatic N) is 5. The van der Waals surface area contributed by atoms with Crippen molar-refractivity contribution in [2.45, 2.75) is 40.2 Å². The molecule has 6 nitrogen and oxygen atoms in total. The van der Waals surface area contributed by atoms with Crippen LogP contribution in [0.1, 0.15) is 40.1 Å². The standard InChI is InChI=1S/C25H23F2N5O/c1-14-4-6-17(7-5-14)18-10-19-13-31(9-8-20(19)28-12-18)25-16(3)15(2)24-29-21(23(26)27)11-22(33)32(24)30-25/h4-7,10-12,23H,8-9,13H2,1-3H3. The number of aromatic nitrogens is 4. The molecule has 0 N–H and O–H groups in total. The zero-order valence-corrected chi connectivity index (χ0v) is 18.6. The van der Waals surface area contributed by atoms with Gasteiger partial charge in [0, 0.05) is 54.2 Å². The fraction of sp³-hybridized carbons (Fsp3) is 0.280. The summed E-state index contributed by atoms with van der Waals surface area (Å²) in [5.41, 5.74) is 6.03. The average molecular weight is 447 g/mol. The minimum atomic E-state index is -2.81. The van der Waals surface area contributed by atoms with Gasteiger partial charge in [0.25, 0.3) is 12.0 Å². The normalized spacial score (nSPS) is 13.6. The maximum absolute atomic E-state index is 13.1. The van der Waals surface area contributed by atoms with Crippen LogP contribution in [-0.4, -0.2) is 26.1 Å². The SMILES string of the molecule is Cc1ccc(-c2cnc3c(c2)CN(c2nn4c(=O)cc(C(F)F)nc4c(C)c2C)CC3)cc1. The molecule has 0 atom stereocenters. The van der Waals surface area contributed by atoms with Crippen LogP contribution in [0.4, 0.5) is 14.6 Å². The quantitative estimate of drug-likeness (QED) is 0.460. The number of aryl methyl sites for hydroxylation is 2. The van der Waals surface area contributed by atoms with Crippen LogP contribution in [-0.2, 0) is 13.0 Å². The van der Waals surface area contributed by atoms with Crippen molar-refractivity contribution in [2.24, 2.45) is 0 Å². The molecular formula is C25H23F2N5O. The smallest absolute Gasteiger partial charge is 0.280 e. The van der Waals surface area contributed by atoms with E-state index < -0.39 is 17.7 Å². The molecule has 5 rings (SSSR count). The molecule has 4 aromatic rings. The molecule has 168 valence electrons. The van der Waals surface area contributed by atoms with Gasteiger partial charge in [0.2, 0.25) is 0 Å². The number of pyridine rings is 1. The molecule has 3 aromatic heterocycles. The van der Waals surface area contributed by atoms with Crippen LogP contribution in [0.3, 0.4) is 0 Å². The van der Waals surface area contributed by atoms with Gasteiger partial charge in [0.1, 0.15) is 5.69 Å². The predicted molar refractivity (Wildman–Crippen MR) is 123 cm³/mol. The number of hydrogen-bond acceptors (Lipinski definition) is 5. The van der Waals surface area contributed by atoms with E-state index >= 15 is 0 Å². The van der Waals surface area contributed by atoms with Gasteiger partial charge >= 0.3 is 0 Å². The Bertz CT molecular complexity index is 1430. The van der Waals surface area contributed by atoms with E-state index in [4.69, 9.17) is 4.98 Å². The van der Waals surface area contributed by atoms with Crippen LogP contribution in [0.5, 0.6) is 0 Å². The van der Waals surface area contributed by atoms with E-state index in [1.54, 1.807) is 6.92 Å². The van der Waals surface area contributed by atoms with Crippen molar-refractivity contribution in [3.63, 3.8) is 0 Å². The van der Waals surface area contributed by atoms with E-state index in [-0.39, 0.29) is 5.65 Å². The number of benzene rings is 1. The number of halogens is 2.